The van der Waals surface area contributed by atoms with E-state index < -0.39 is 30.4 Å². The number of halogens is 2. The van der Waals surface area contributed by atoms with Gasteiger partial charge in [-0.25, -0.2) is 13.6 Å². The second kappa shape index (κ2) is 7.40. The van der Waals surface area contributed by atoms with Crippen LogP contribution in [0.4, 0.5) is 13.6 Å². The Hall–Kier alpha value is -1.40. The number of nitrogens with zero attached hydrogens (tertiary/aromatic N) is 1. The topological polar surface area (TPSA) is 69.6 Å². The number of hydrogen-bond acceptors (Lipinski definition) is 2. The van der Waals surface area contributed by atoms with E-state index in [0.717, 1.165) is 30.6 Å². The molecule has 1 aliphatic carbocycles. The molecule has 0 aromatic heterocycles. The molecule has 0 radical (unpaired) electrons. The highest BCUT2D eigenvalue weighted by molar-refractivity contribution is 5.78. The molecule has 0 spiro atoms. The smallest absolute Gasteiger partial charge is 0.317 e. The molecule has 2 N–H and O–H groups in total. The van der Waals surface area contributed by atoms with Crippen LogP contribution in [0.5, 0.6) is 0 Å². The molecule has 0 atom stereocenters. The molecule has 7 heteroatoms. The van der Waals surface area contributed by atoms with Crippen LogP contribution in [0.15, 0.2) is 0 Å². The van der Waals surface area contributed by atoms with Crippen molar-refractivity contribution in [3.05, 3.63) is 0 Å². The van der Waals surface area contributed by atoms with Crippen LogP contribution in [0, 0.1) is 5.41 Å². The number of urea groups is 1. The van der Waals surface area contributed by atoms with Crippen molar-refractivity contribution >= 4 is 12.0 Å². The fraction of sp³-hybridized carbons (Fsp3) is 0.846. The van der Waals surface area contributed by atoms with E-state index in [0.29, 0.717) is 12.8 Å². The van der Waals surface area contributed by atoms with Crippen LogP contribution in [-0.4, -0.2) is 48.6 Å². The molecule has 0 bridgehead atoms. The number of alkyl halides is 2. The molecule has 1 rings (SSSR count). The molecule has 5 nitrogen and oxygen atoms in total. The van der Waals surface area contributed by atoms with E-state index in [1.54, 1.807) is 0 Å². The fourth-order valence-corrected chi connectivity index (χ4v) is 2.54. The first kappa shape index (κ1) is 16.7. The van der Waals surface area contributed by atoms with E-state index in [4.69, 9.17) is 0 Å². The monoisotopic (exact) mass is 292 g/mol. The van der Waals surface area contributed by atoms with Gasteiger partial charge in [0.05, 0.1) is 12.0 Å². The van der Waals surface area contributed by atoms with Crippen molar-refractivity contribution < 1.29 is 23.5 Å². The predicted octanol–water partition coefficient (Wildman–Crippen LogP) is 2.32. The van der Waals surface area contributed by atoms with Crippen LogP contribution in [0.2, 0.25) is 0 Å². The van der Waals surface area contributed by atoms with Gasteiger partial charge >= 0.3 is 12.0 Å². The fourth-order valence-electron chi connectivity index (χ4n) is 2.54. The summed E-state index contributed by atoms with van der Waals surface area (Å²) in [6.07, 6.45) is 2.05. The van der Waals surface area contributed by atoms with Crippen LogP contribution < -0.4 is 5.32 Å². The van der Waals surface area contributed by atoms with E-state index in [1.165, 1.54) is 7.05 Å². The average molecular weight is 292 g/mol. The van der Waals surface area contributed by atoms with Gasteiger partial charge in [-0.3, -0.25) is 4.79 Å². The summed E-state index contributed by atoms with van der Waals surface area (Å²) in [7, 11) is 1.27. The first-order valence-corrected chi connectivity index (χ1v) is 6.88. The molecule has 0 aliphatic heterocycles. The second-order valence-electron chi connectivity index (χ2n) is 5.43. The first-order chi connectivity index (χ1) is 9.37. The summed E-state index contributed by atoms with van der Waals surface area (Å²) in [4.78, 5) is 24.0. The Balaban J connectivity index is 2.58. The Morgan fingerprint density at radius 2 is 1.80 bits per heavy atom. The van der Waals surface area contributed by atoms with Gasteiger partial charge in [-0.1, -0.05) is 25.7 Å². The van der Waals surface area contributed by atoms with Crippen molar-refractivity contribution in [2.75, 3.05) is 20.1 Å². The minimum atomic E-state index is -2.60. The third kappa shape index (κ3) is 4.61. The van der Waals surface area contributed by atoms with E-state index in [9.17, 15) is 23.5 Å². The maximum atomic E-state index is 12.2. The highest BCUT2D eigenvalue weighted by Crippen LogP contribution is 2.34. The zero-order chi connectivity index (χ0) is 15.2. The van der Waals surface area contributed by atoms with Gasteiger partial charge in [0, 0.05) is 13.6 Å². The molecule has 0 aromatic carbocycles. The van der Waals surface area contributed by atoms with Gasteiger partial charge in [-0.15, -0.1) is 0 Å². The van der Waals surface area contributed by atoms with Gasteiger partial charge in [0.1, 0.15) is 0 Å². The Kier molecular flexibility index (Phi) is 6.16. The van der Waals surface area contributed by atoms with Crippen LogP contribution in [-0.2, 0) is 4.79 Å². The van der Waals surface area contributed by atoms with Crippen molar-refractivity contribution in [3.63, 3.8) is 0 Å². The Bertz CT molecular complexity index is 343. The maximum Gasteiger partial charge on any atom is 0.317 e. The zero-order valence-electron chi connectivity index (χ0n) is 11.7. The molecule has 1 aliphatic rings. The first-order valence-electron chi connectivity index (χ1n) is 6.88. The number of carboxylic acids is 1. The number of aliphatic carboxylic acids is 1. The maximum absolute atomic E-state index is 12.2. The van der Waals surface area contributed by atoms with Gasteiger partial charge < -0.3 is 15.3 Å². The van der Waals surface area contributed by atoms with Gasteiger partial charge in [0.15, 0.2) is 0 Å². The summed E-state index contributed by atoms with van der Waals surface area (Å²) in [5.74, 6) is -0.920. The van der Waals surface area contributed by atoms with Crippen LogP contribution in [0.3, 0.4) is 0 Å². The van der Waals surface area contributed by atoms with E-state index >= 15 is 0 Å². The average Bonchev–Trinajstić information content (AvgIpc) is 2.61. The predicted molar refractivity (Wildman–Crippen MR) is 69.8 cm³/mol. The molecule has 0 saturated heterocycles. The van der Waals surface area contributed by atoms with Gasteiger partial charge in [-0.2, -0.15) is 0 Å². The van der Waals surface area contributed by atoms with Gasteiger partial charge in [-0.05, 0) is 12.8 Å². The molecule has 116 valence electrons. The van der Waals surface area contributed by atoms with Crippen molar-refractivity contribution in [1.29, 1.82) is 0 Å². The highest BCUT2D eigenvalue weighted by atomic mass is 19.3. The lowest BCUT2D eigenvalue weighted by molar-refractivity contribution is -0.149. The quantitative estimate of drug-likeness (QED) is 0.764. The molecule has 0 unspecified atom stereocenters. The summed E-state index contributed by atoms with van der Waals surface area (Å²) in [5.41, 5.74) is -0.960. The Morgan fingerprint density at radius 3 is 2.25 bits per heavy atom. The minimum absolute atomic E-state index is 0.00521. The normalized spacial score (nSPS) is 18.4. The largest absolute Gasteiger partial charge is 0.481 e. The molecule has 0 heterocycles. The molecular weight excluding hydrogens is 270 g/mol. The van der Waals surface area contributed by atoms with Crippen molar-refractivity contribution in [1.82, 2.24) is 10.2 Å². The lowest BCUT2D eigenvalue weighted by Crippen LogP contribution is -2.47. The van der Waals surface area contributed by atoms with Crippen molar-refractivity contribution in [2.24, 2.45) is 5.41 Å². The van der Waals surface area contributed by atoms with Gasteiger partial charge in [0.2, 0.25) is 0 Å². The summed E-state index contributed by atoms with van der Waals surface area (Å²) < 4.78 is 24.4. The SMILES string of the molecule is CN(CC(F)F)C(=O)NCC1(C(=O)O)CCCCCC1. The number of rotatable bonds is 5. The number of carboxylic acid groups (broad SMARTS) is 1. The molecule has 2 amide bonds. The molecule has 0 aromatic rings. The number of carbonyl (C=O) groups excluding carboxylic acids is 1. The Labute approximate surface area is 117 Å². The van der Waals surface area contributed by atoms with Crippen LogP contribution in [0.1, 0.15) is 38.5 Å². The summed E-state index contributed by atoms with van der Waals surface area (Å²) in [5, 5.41) is 11.9. The lowest BCUT2D eigenvalue weighted by atomic mass is 9.80. The molecule has 20 heavy (non-hydrogen) atoms. The van der Waals surface area contributed by atoms with Gasteiger partial charge in [0.25, 0.3) is 6.43 Å². The van der Waals surface area contributed by atoms with Crippen molar-refractivity contribution in [2.45, 2.75) is 45.0 Å². The van der Waals surface area contributed by atoms with Crippen LogP contribution >= 0.6 is 0 Å². The van der Waals surface area contributed by atoms with E-state index in [-0.39, 0.29) is 6.54 Å². The number of amides is 2. The molecular formula is C13H22F2N2O3. The third-order valence-corrected chi connectivity index (χ3v) is 3.85. The molecule has 1 saturated carbocycles. The summed E-state index contributed by atoms with van der Waals surface area (Å²) >= 11 is 0. The number of carbonyl (C=O) groups is 2. The van der Waals surface area contributed by atoms with Crippen molar-refractivity contribution in [3.8, 4) is 0 Å². The zero-order valence-corrected chi connectivity index (χ0v) is 11.7. The lowest BCUT2D eigenvalue weighted by Gasteiger charge is -2.29. The minimum Gasteiger partial charge on any atom is -0.481 e. The van der Waals surface area contributed by atoms with E-state index in [2.05, 4.69) is 5.32 Å². The summed E-state index contributed by atoms with van der Waals surface area (Å²) in [6.45, 7) is -0.666. The van der Waals surface area contributed by atoms with Crippen LogP contribution in [0.25, 0.3) is 0 Å². The second-order valence-corrected chi connectivity index (χ2v) is 5.43. The number of hydrogen-bond donors (Lipinski definition) is 2. The summed E-state index contributed by atoms with van der Waals surface area (Å²) in [6, 6.07) is -0.657. The molecule has 1 fully saturated rings. The van der Waals surface area contributed by atoms with E-state index in [1.807, 2.05) is 0 Å². The third-order valence-electron chi connectivity index (χ3n) is 3.85. The highest BCUT2D eigenvalue weighted by Gasteiger charge is 2.39. The Morgan fingerprint density at radius 1 is 1.25 bits per heavy atom. The standard InChI is InChI=1S/C13H22F2N2O3/c1-17(8-10(14)15)12(20)16-9-13(11(18)19)6-4-2-3-5-7-13/h10H,2-9H2,1H3,(H,16,20)(H,18,19). The number of nitrogens with one attached hydrogen (secondary N) is 1.